The van der Waals surface area contributed by atoms with Gasteiger partial charge in [-0.05, 0) is 12.1 Å². The number of hydrogen-bond acceptors (Lipinski definition) is 2. The predicted molar refractivity (Wildman–Crippen MR) is 46.4 cm³/mol. The molecule has 1 amide bonds. The monoisotopic (exact) mass is 164 g/mol. The van der Waals surface area contributed by atoms with Crippen molar-refractivity contribution in [1.82, 2.24) is 10.3 Å². The fourth-order valence-corrected chi connectivity index (χ4v) is 0.817. The Morgan fingerprint density at radius 3 is 3.00 bits per heavy atom. The maximum Gasteiger partial charge on any atom is 0.220 e. The SMILES string of the molecule is CCC(=O)NCc1ccccn1. The van der Waals surface area contributed by atoms with Crippen molar-refractivity contribution in [1.29, 1.82) is 0 Å². The minimum absolute atomic E-state index is 0.0562. The Hall–Kier alpha value is -1.38. The van der Waals surface area contributed by atoms with E-state index in [1.54, 1.807) is 6.20 Å². The van der Waals surface area contributed by atoms with Gasteiger partial charge in [-0.3, -0.25) is 9.78 Å². The molecule has 12 heavy (non-hydrogen) atoms. The molecule has 0 radical (unpaired) electrons. The Morgan fingerprint density at radius 2 is 2.42 bits per heavy atom. The van der Waals surface area contributed by atoms with Crippen LogP contribution in [0.4, 0.5) is 0 Å². The van der Waals surface area contributed by atoms with Gasteiger partial charge in [0.05, 0.1) is 12.2 Å². The number of carbonyl (C=O) groups is 1. The topological polar surface area (TPSA) is 42.0 Å². The van der Waals surface area contributed by atoms with Crippen LogP contribution in [0.5, 0.6) is 0 Å². The maximum absolute atomic E-state index is 10.8. The van der Waals surface area contributed by atoms with Crippen LogP contribution >= 0.6 is 0 Å². The van der Waals surface area contributed by atoms with Crippen LogP contribution in [0.25, 0.3) is 0 Å². The summed E-state index contributed by atoms with van der Waals surface area (Å²) in [6.07, 6.45) is 2.24. The highest BCUT2D eigenvalue weighted by molar-refractivity contribution is 5.75. The van der Waals surface area contributed by atoms with Crippen molar-refractivity contribution in [2.45, 2.75) is 19.9 Å². The lowest BCUT2D eigenvalue weighted by Crippen LogP contribution is -2.21. The maximum atomic E-state index is 10.8. The van der Waals surface area contributed by atoms with E-state index in [1.165, 1.54) is 0 Å². The minimum Gasteiger partial charge on any atom is -0.350 e. The Morgan fingerprint density at radius 1 is 1.58 bits per heavy atom. The Labute approximate surface area is 71.8 Å². The van der Waals surface area contributed by atoms with Crippen molar-refractivity contribution < 1.29 is 4.79 Å². The van der Waals surface area contributed by atoms with E-state index in [9.17, 15) is 4.79 Å². The molecule has 3 heteroatoms. The number of amides is 1. The van der Waals surface area contributed by atoms with Crippen molar-refractivity contribution in [3.8, 4) is 0 Å². The molecule has 0 saturated heterocycles. The number of carbonyl (C=O) groups excluding carboxylic acids is 1. The van der Waals surface area contributed by atoms with Crippen LogP contribution in [-0.4, -0.2) is 10.9 Å². The molecule has 64 valence electrons. The van der Waals surface area contributed by atoms with Gasteiger partial charge in [0.1, 0.15) is 0 Å². The molecular weight excluding hydrogens is 152 g/mol. The molecule has 0 saturated carbocycles. The minimum atomic E-state index is 0.0562. The van der Waals surface area contributed by atoms with Crippen LogP contribution in [0.1, 0.15) is 19.0 Å². The van der Waals surface area contributed by atoms with E-state index in [4.69, 9.17) is 0 Å². The molecule has 0 bridgehead atoms. The standard InChI is InChI=1S/C9H12N2O/c1-2-9(12)11-7-8-5-3-4-6-10-8/h3-6H,2,7H2,1H3,(H,11,12). The third kappa shape index (κ3) is 2.70. The zero-order valence-electron chi connectivity index (χ0n) is 7.08. The third-order valence-corrected chi connectivity index (χ3v) is 1.51. The van der Waals surface area contributed by atoms with E-state index in [0.29, 0.717) is 13.0 Å². The molecule has 1 aromatic rings. The molecule has 0 aromatic carbocycles. The third-order valence-electron chi connectivity index (χ3n) is 1.51. The number of pyridine rings is 1. The molecule has 1 aromatic heterocycles. The van der Waals surface area contributed by atoms with Gasteiger partial charge in [-0.15, -0.1) is 0 Å². The second-order valence-electron chi connectivity index (χ2n) is 2.45. The molecule has 0 spiro atoms. The van der Waals surface area contributed by atoms with Crippen LogP contribution in [-0.2, 0) is 11.3 Å². The Bertz CT molecular complexity index is 246. The van der Waals surface area contributed by atoms with Crippen molar-refractivity contribution >= 4 is 5.91 Å². The summed E-state index contributed by atoms with van der Waals surface area (Å²) in [5.74, 6) is 0.0562. The summed E-state index contributed by atoms with van der Waals surface area (Å²) in [5, 5.41) is 2.75. The molecular formula is C9H12N2O. The van der Waals surface area contributed by atoms with Gasteiger partial charge in [0.15, 0.2) is 0 Å². The zero-order valence-corrected chi connectivity index (χ0v) is 7.08. The summed E-state index contributed by atoms with van der Waals surface area (Å²) >= 11 is 0. The van der Waals surface area contributed by atoms with Gasteiger partial charge in [0.25, 0.3) is 0 Å². The summed E-state index contributed by atoms with van der Waals surface area (Å²) < 4.78 is 0. The smallest absolute Gasteiger partial charge is 0.220 e. The lowest BCUT2D eigenvalue weighted by molar-refractivity contribution is -0.120. The van der Waals surface area contributed by atoms with Gasteiger partial charge in [0, 0.05) is 12.6 Å². The predicted octanol–water partition coefficient (Wildman–Crippen LogP) is 1.11. The van der Waals surface area contributed by atoms with Crippen LogP contribution in [0.15, 0.2) is 24.4 Å². The number of nitrogens with one attached hydrogen (secondary N) is 1. The fourth-order valence-electron chi connectivity index (χ4n) is 0.817. The van der Waals surface area contributed by atoms with Crippen molar-refractivity contribution in [3.63, 3.8) is 0 Å². The van der Waals surface area contributed by atoms with Gasteiger partial charge < -0.3 is 5.32 Å². The fraction of sp³-hybridized carbons (Fsp3) is 0.333. The second-order valence-corrected chi connectivity index (χ2v) is 2.45. The normalized spacial score (nSPS) is 9.42. The molecule has 0 atom stereocenters. The molecule has 0 fully saturated rings. The number of hydrogen-bond donors (Lipinski definition) is 1. The first kappa shape index (κ1) is 8.71. The largest absolute Gasteiger partial charge is 0.350 e. The van der Waals surface area contributed by atoms with Crippen LogP contribution in [0.2, 0.25) is 0 Å². The highest BCUT2D eigenvalue weighted by Crippen LogP contribution is 1.91. The first-order valence-corrected chi connectivity index (χ1v) is 3.99. The lowest BCUT2D eigenvalue weighted by atomic mass is 10.3. The molecule has 3 nitrogen and oxygen atoms in total. The average molecular weight is 164 g/mol. The molecule has 1 N–H and O–H groups in total. The summed E-state index contributed by atoms with van der Waals surface area (Å²) in [4.78, 5) is 14.9. The first-order chi connectivity index (χ1) is 5.83. The van der Waals surface area contributed by atoms with Gasteiger partial charge >= 0.3 is 0 Å². The van der Waals surface area contributed by atoms with Crippen molar-refractivity contribution in [2.24, 2.45) is 0 Å². The van der Waals surface area contributed by atoms with E-state index in [2.05, 4.69) is 10.3 Å². The van der Waals surface area contributed by atoms with Gasteiger partial charge in [0.2, 0.25) is 5.91 Å². The number of rotatable bonds is 3. The lowest BCUT2D eigenvalue weighted by Gasteiger charge is -2.01. The van der Waals surface area contributed by atoms with Gasteiger partial charge in [-0.25, -0.2) is 0 Å². The highest BCUT2D eigenvalue weighted by atomic mass is 16.1. The molecule has 1 rings (SSSR count). The van der Waals surface area contributed by atoms with Crippen LogP contribution < -0.4 is 5.32 Å². The number of nitrogens with zero attached hydrogens (tertiary/aromatic N) is 1. The van der Waals surface area contributed by atoms with Crippen LogP contribution in [0.3, 0.4) is 0 Å². The Balaban J connectivity index is 2.38. The van der Waals surface area contributed by atoms with E-state index in [1.807, 2.05) is 25.1 Å². The quantitative estimate of drug-likeness (QED) is 0.727. The summed E-state index contributed by atoms with van der Waals surface area (Å²) in [6.45, 7) is 2.35. The van der Waals surface area contributed by atoms with Crippen molar-refractivity contribution in [2.75, 3.05) is 0 Å². The zero-order chi connectivity index (χ0) is 8.81. The molecule has 0 aliphatic rings. The molecule has 1 heterocycles. The molecule has 0 aliphatic carbocycles. The van der Waals surface area contributed by atoms with Crippen LogP contribution in [0, 0.1) is 0 Å². The second kappa shape index (κ2) is 4.49. The van der Waals surface area contributed by atoms with E-state index in [0.717, 1.165) is 5.69 Å². The molecule has 0 unspecified atom stereocenters. The molecule has 0 aliphatic heterocycles. The van der Waals surface area contributed by atoms with Crippen molar-refractivity contribution in [3.05, 3.63) is 30.1 Å². The van der Waals surface area contributed by atoms with Gasteiger partial charge in [-0.2, -0.15) is 0 Å². The summed E-state index contributed by atoms with van der Waals surface area (Å²) in [7, 11) is 0. The van der Waals surface area contributed by atoms with E-state index in [-0.39, 0.29) is 5.91 Å². The van der Waals surface area contributed by atoms with E-state index >= 15 is 0 Å². The van der Waals surface area contributed by atoms with Gasteiger partial charge in [-0.1, -0.05) is 13.0 Å². The highest BCUT2D eigenvalue weighted by Gasteiger charge is 1.96. The summed E-state index contributed by atoms with van der Waals surface area (Å²) in [5.41, 5.74) is 0.888. The first-order valence-electron chi connectivity index (χ1n) is 3.99. The van der Waals surface area contributed by atoms with E-state index < -0.39 is 0 Å². The average Bonchev–Trinajstić information content (AvgIpc) is 2.16. The Kier molecular flexibility index (Phi) is 3.26. The number of aromatic nitrogens is 1. The summed E-state index contributed by atoms with van der Waals surface area (Å²) in [6, 6.07) is 5.64.